The number of piperidine rings is 1. The lowest BCUT2D eigenvalue weighted by Gasteiger charge is -2.31. The Morgan fingerprint density at radius 1 is 1.07 bits per heavy atom. The Labute approximate surface area is 159 Å². The molecule has 1 aromatic carbocycles. The number of hydrogen-bond donors (Lipinski definition) is 0. The fourth-order valence-corrected chi connectivity index (χ4v) is 2.69. The van der Waals surface area contributed by atoms with Crippen molar-refractivity contribution >= 4 is 5.97 Å². The molecule has 7 nitrogen and oxygen atoms in total. The van der Waals surface area contributed by atoms with Crippen molar-refractivity contribution in [2.45, 2.75) is 31.3 Å². The maximum Gasteiger partial charge on any atom is 0.492 e. The zero-order valence-electron chi connectivity index (χ0n) is 14.6. The van der Waals surface area contributed by atoms with E-state index in [0.717, 1.165) is 21.9 Å². The summed E-state index contributed by atoms with van der Waals surface area (Å²) in [5.74, 6) is -2.40. The number of ether oxygens (including phenoxy) is 1. The van der Waals surface area contributed by atoms with Crippen molar-refractivity contribution in [3.8, 4) is 11.4 Å². The molecule has 1 aromatic heterocycles. The molecule has 2 aromatic rings. The van der Waals surface area contributed by atoms with Crippen LogP contribution in [0, 0.1) is 0 Å². The van der Waals surface area contributed by atoms with E-state index >= 15 is 0 Å². The van der Waals surface area contributed by atoms with Gasteiger partial charge in [-0.15, -0.1) is 5.06 Å². The van der Waals surface area contributed by atoms with E-state index in [1.807, 2.05) is 0 Å². The zero-order chi connectivity index (χ0) is 21.2. The molecule has 1 aliphatic rings. The molecule has 13 heteroatoms. The SMILES string of the molecule is O=C(ON1CCC(Oc2cc(-n3cncn3)cc(C(F)(F)F)c2)CC1)C(F)(F)F. The van der Waals surface area contributed by atoms with Crippen molar-refractivity contribution in [1.29, 1.82) is 0 Å². The van der Waals surface area contributed by atoms with Crippen LogP contribution in [0.2, 0.25) is 0 Å². The van der Waals surface area contributed by atoms with Crippen molar-refractivity contribution in [2.24, 2.45) is 0 Å². The van der Waals surface area contributed by atoms with Gasteiger partial charge in [0.05, 0.1) is 11.3 Å². The van der Waals surface area contributed by atoms with Gasteiger partial charge in [-0.2, -0.15) is 31.4 Å². The molecule has 158 valence electrons. The number of alkyl halides is 6. The van der Waals surface area contributed by atoms with Crippen molar-refractivity contribution in [3.63, 3.8) is 0 Å². The topological polar surface area (TPSA) is 69.5 Å². The van der Waals surface area contributed by atoms with Gasteiger partial charge in [0.25, 0.3) is 0 Å². The van der Waals surface area contributed by atoms with E-state index in [2.05, 4.69) is 14.9 Å². The van der Waals surface area contributed by atoms with Crippen LogP contribution in [0.15, 0.2) is 30.9 Å². The number of nitrogens with zero attached hydrogens (tertiary/aromatic N) is 4. The Kier molecular flexibility index (Phi) is 5.68. The molecule has 3 rings (SSSR count). The minimum Gasteiger partial charge on any atom is -0.490 e. The van der Waals surface area contributed by atoms with Crippen LogP contribution < -0.4 is 4.74 Å². The highest BCUT2D eigenvalue weighted by molar-refractivity contribution is 5.75. The number of halogens is 6. The quantitative estimate of drug-likeness (QED) is 0.703. The molecule has 0 spiro atoms. The number of carbonyl (C=O) groups excluding carboxylic acids is 1. The molecule has 0 saturated carbocycles. The van der Waals surface area contributed by atoms with Crippen LogP contribution >= 0.6 is 0 Å². The fraction of sp³-hybridized carbons (Fsp3) is 0.438. The van der Waals surface area contributed by atoms with Gasteiger partial charge < -0.3 is 9.57 Å². The van der Waals surface area contributed by atoms with E-state index in [4.69, 9.17) is 4.74 Å². The van der Waals surface area contributed by atoms with Crippen LogP contribution in [-0.4, -0.2) is 51.2 Å². The standard InChI is InChI=1S/C16H14F6N4O3/c17-15(18,19)10-5-11(26-9-23-8-24-26)7-13(6-10)28-12-1-3-25(4-2-12)29-14(27)16(20,21)22/h5-9,12H,1-4H2. The molecule has 1 saturated heterocycles. The molecule has 0 bridgehead atoms. The van der Waals surface area contributed by atoms with Crippen LogP contribution in [0.5, 0.6) is 5.75 Å². The van der Waals surface area contributed by atoms with Crippen LogP contribution in [-0.2, 0) is 15.8 Å². The van der Waals surface area contributed by atoms with Gasteiger partial charge in [0.1, 0.15) is 24.5 Å². The lowest BCUT2D eigenvalue weighted by atomic mass is 10.1. The molecule has 1 aliphatic heterocycles. The summed E-state index contributed by atoms with van der Waals surface area (Å²) < 4.78 is 83.0. The van der Waals surface area contributed by atoms with E-state index in [9.17, 15) is 31.1 Å². The molecule has 0 N–H and O–H groups in total. The van der Waals surface area contributed by atoms with E-state index < -0.39 is 30.0 Å². The normalized spacial score (nSPS) is 16.6. The largest absolute Gasteiger partial charge is 0.492 e. The maximum atomic E-state index is 13.2. The monoisotopic (exact) mass is 424 g/mol. The van der Waals surface area contributed by atoms with Gasteiger partial charge >= 0.3 is 18.3 Å². The molecular formula is C16H14F6N4O3. The minimum atomic E-state index is -5.11. The van der Waals surface area contributed by atoms with Crippen molar-refractivity contribution in [3.05, 3.63) is 36.4 Å². The Morgan fingerprint density at radius 3 is 2.31 bits per heavy atom. The summed E-state index contributed by atoms with van der Waals surface area (Å²) in [5, 5.41) is 4.64. The summed E-state index contributed by atoms with van der Waals surface area (Å²) >= 11 is 0. The lowest BCUT2D eigenvalue weighted by molar-refractivity contribution is -0.243. The Morgan fingerprint density at radius 2 is 1.76 bits per heavy atom. The minimum absolute atomic E-state index is 0.0542. The highest BCUT2D eigenvalue weighted by Gasteiger charge is 2.43. The predicted octanol–water partition coefficient (Wildman–Crippen LogP) is 3.15. The van der Waals surface area contributed by atoms with Crippen LogP contribution in [0.4, 0.5) is 26.3 Å². The lowest BCUT2D eigenvalue weighted by Crippen LogP contribution is -2.42. The average molecular weight is 424 g/mol. The second-order valence-corrected chi connectivity index (χ2v) is 6.18. The van der Waals surface area contributed by atoms with Gasteiger partial charge in [0.2, 0.25) is 0 Å². The van der Waals surface area contributed by atoms with Crippen molar-refractivity contribution in [2.75, 3.05) is 13.1 Å². The van der Waals surface area contributed by atoms with Gasteiger partial charge in [0, 0.05) is 32.0 Å². The third-order valence-corrected chi connectivity index (χ3v) is 4.05. The second-order valence-electron chi connectivity index (χ2n) is 6.18. The first kappa shape index (κ1) is 20.9. The molecule has 2 heterocycles. The van der Waals surface area contributed by atoms with Crippen molar-refractivity contribution in [1.82, 2.24) is 19.8 Å². The number of aromatic nitrogens is 3. The average Bonchev–Trinajstić information content (AvgIpc) is 3.16. The van der Waals surface area contributed by atoms with E-state index in [0.29, 0.717) is 0 Å². The van der Waals surface area contributed by atoms with Crippen molar-refractivity contribution < 1.29 is 40.7 Å². The maximum absolute atomic E-state index is 13.2. The number of carbonyl (C=O) groups is 1. The molecular weight excluding hydrogens is 410 g/mol. The zero-order valence-corrected chi connectivity index (χ0v) is 14.6. The highest BCUT2D eigenvalue weighted by atomic mass is 19.4. The smallest absolute Gasteiger partial charge is 0.490 e. The molecule has 0 atom stereocenters. The summed E-state index contributed by atoms with van der Waals surface area (Å²) in [7, 11) is 0. The summed E-state index contributed by atoms with van der Waals surface area (Å²) in [5.41, 5.74) is -0.860. The third kappa shape index (κ3) is 5.37. The predicted molar refractivity (Wildman–Crippen MR) is 83.7 cm³/mol. The Bertz CT molecular complexity index is 845. The molecule has 0 amide bonds. The van der Waals surface area contributed by atoms with Gasteiger partial charge in [0.15, 0.2) is 0 Å². The van der Waals surface area contributed by atoms with E-state index in [-0.39, 0.29) is 37.4 Å². The summed E-state index contributed by atoms with van der Waals surface area (Å²) in [4.78, 5) is 18.8. The molecule has 0 aliphatic carbocycles. The van der Waals surface area contributed by atoms with Crippen LogP contribution in [0.1, 0.15) is 18.4 Å². The molecule has 0 radical (unpaired) electrons. The highest BCUT2D eigenvalue weighted by Crippen LogP contribution is 2.34. The first-order valence-corrected chi connectivity index (χ1v) is 8.30. The molecule has 0 unspecified atom stereocenters. The second kappa shape index (κ2) is 7.89. The number of hydroxylamine groups is 2. The number of hydrogen-bond acceptors (Lipinski definition) is 6. The van der Waals surface area contributed by atoms with Gasteiger partial charge in [-0.1, -0.05) is 0 Å². The Balaban J connectivity index is 1.68. The Hall–Kier alpha value is -2.83. The third-order valence-electron chi connectivity index (χ3n) is 4.05. The van der Waals surface area contributed by atoms with E-state index in [1.165, 1.54) is 18.7 Å². The van der Waals surface area contributed by atoms with Gasteiger partial charge in [-0.05, 0) is 12.1 Å². The number of benzene rings is 1. The summed E-state index contributed by atoms with van der Waals surface area (Å²) in [6, 6.07) is 3.07. The first-order valence-electron chi connectivity index (χ1n) is 8.30. The summed E-state index contributed by atoms with van der Waals surface area (Å²) in [6.07, 6.45) is -7.60. The number of rotatable bonds is 4. The molecule has 1 fully saturated rings. The van der Waals surface area contributed by atoms with Gasteiger partial charge in [-0.25, -0.2) is 14.5 Å². The summed E-state index contributed by atoms with van der Waals surface area (Å²) in [6.45, 7) is -0.108. The first-order chi connectivity index (χ1) is 13.5. The van der Waals surface area contributed by atoms with E-state index in [1.54, 1.807) is 0 Å². The van der Waals surface area contributed by atoms with Crippen LogP contribution in [0.25, 0.3) is 5.69 Å². The molecule has 29 heavy (non-hydrogen) atoms. The fourth-order valence-electron chi connectivity index (χ4n) is 2.69. The van der Waals surface area contributed by atoms with Crippen LogP contribution in [0.3, 0.4) is 0 Å². The van der Waals surface area contributed by atoms with Gasteiger partial charge in [-0.3, -0.25) is 0 Å².